The van der Waals surface area contributed by atoms with Crippen LogP contribution < -0.4 is 14.4 Å². The molecule has 1 saturated heterocycles. The standard InChI is InChI=1S/C21H27N5O3/c1-28-20-19-21(23-16-22-20)29-15-18(27)26(19)9-5-8-24-10-12-25(13-11-24)14-17-6-3-2-4-7-17/h2-4,6-7,16H,5,8-15H2,1H3. The maximum absolute atomic E-state index is 12.4. The summed E-state index contributed by atoms with van der Waals surface area (Å²) >= 11 is 0. The number of fused-ring (bicyclic) bond motifs is 1. The van der Waals surface area contributed by atoms with Crippen molar-refractivity contribution in [1.29, 1.82) is 0 Å². The molecule has 29 heavy (non-hydrogen) atoms. The largest absolute Gasteiger partial charge is 0.479 e. The zero-order valence-corrected chi connectivity index (χ0v) is 16.8. The second-order valence-corrected chi connectivity index (χ2v) is 7.33. The third-order valence-corrected chi connectivity index (χ3v) is 5.42. The highest BCUT2D eigenvalue weighted by Gasteiger charge is 2.30. The minimum Gasteiger partial charge on any atom is -0.479 e. The molecule has 3 heterocycles. The number of nitrogens with zero attached hydrogens (tertiary/aromatic N) is 5. The monoisotopic (exact) mass is 397 g/mol. The molecule has 0 N–H and O–H groups in total. The number of methoxy groups -OCH3 is 1. The Morgan fingerprint density at radius 1 is 1.03 bits per heavy atom. The first-order chi connectivity index (χ1) is 14.2. The van der Waals surface area contributed by atoms with Gasteiger partial charge in [0, 0.05) is 39.3 Å². The summed E-state index contributed by atoms with van der Waals surface area (Å²) in [7, 11) is 1.54. The van der Waals surface area contributed by atoms with E-state index in [2.05, 4.69) is 50.1 Å². The van der Waals surface area contributed by atoms with Crippen molar-refractivity contribution in [1.82, 2.24) is 19.8 Å². The number of benzene rings is 1. The lowest BCUT2D eigenvalue weighted by molar-refractivity contribution is -0.121. The van der Waals surface area contributed by atoms with Crippen molar-refractivity contribution in [2.45, 2.75) is 13.0 Å². The molecule has 0 atom stereocenters. The van der Waals surface area contributed by atoms with Crippen molar-refractivity contribution in [2.75, 3.05) is 57.9 Å². The Labute approximate surface area is 171 Å². The van der Waals surface area contributed by atoms with Gasteiger partial charge in [-0.2, -0.15) is 9.97 Å². The van der Waals surface area contributed by atoms with Crippen molar-refractivity contribution in [3.63, 3.8) is 0 Å². The summed E-state index contributed by atoms with van der Waals surface area (Å²) in [5.74, 6) is 0.696. The number of hydrogen-bond acceptors (Lipinski definition) is 7. The van der Waals surface area contributed by atoms with Gasteiger partial charge in [-0.05, 0) is 18.5 Å². The molecule has 0 unspecified atom stereocenters. The molecule has 1 aromatic heterocycles. The predicted molar refractivity (Wildman–Crippen MR) is 109 cm³/mol. The molecule has 4 rings (SSSR count). The molecule has 1 aromatic carbocycles. The smallest absolute Gasteiger partial charge is 0.265 e. The van der Waals surface area contributed by atoms with Crippen molar-refractivity contribution in [3.05, 3.63) is 42.2 Å². The summed E-state index contributed by atoms with van der Waals surface area (Å²) in [6.45, 7) is 6.79. The fourth-order valence-corrected chi connectivity index (χ4v) is 3.87. The van der Waals surface area contributed by atoms with E-state index in [9.17, 15) is 4.79 Å². The van der Waals surface area contributed by atoms with E-state index in [1.54, 1.807) is 4.90 Å². The minimum absolute atomic E-state index is 0.00529. The number of anilines is 1. The van der Waals surface area contributed by atoms with Crippen LogP contribution in [-0.4, -0.2) is 78.7 Å². The highest BCUT2D eigenvalue weighted by atomic mass is 16.5. The van der Waals surface area contributed by atoms with Crippen LogP contribution in [0.3, 0.4) is 0 Å². The van der Waals surface area contributed by atoms with Crippen molar-refractivity contribution in [2.24, 2.45) is 0 Å². The molecule has 2 aliphatic rings. The van der Waals surface area contributed by atoms with E-state index in [1.807, 2.05) is 0 Å². The molecule has 8 heteroatoms. The van der Waals surface area contributed by atoms with Gasteiger partial charge in [-0.15, -0.1) is 0 Å². The zero-order chi connectivity index (χ0) is 20.1. The van der Waals surface area contributed by atoms with Crippen molar-refractivity contribution >= 4 is 11.6 Å². The van der Waals surface area contributed by atoms with E-state index < -0.39 is 0 Å². The number of hydrogen-bond donors (Lipinski definition) is 0. The Balaban J connectivity index is 1.27. The molecule has 0 bridgehead atoms. The first-order valence-electron chi connectivity index (χ1n) is 10.1. The van der Waals surface area contributed by atoms with Crippen LogP contribution in [0.15, 0.2) is 36.7 Å². The highest BCUT2D eigenvalue weighted by molar-refractivity contribution is 5.98. The molecule has 2 aromatic rings. The van der Waals surface area contributed by atoms with Gasteiger partial charge in [-0.1, -0.05) is 30.3 Å². The van der Waals surface area contributed by atoms with Crippen LogP contribution in [0.5, 0.6) is 11.8 Å². The van der Waals surface area contributed by atoms with Gasteiger partial charge >= 0.3 is 0 Å². The van der Waals surface area contributed by atoms with E-state index in [0.717, 1.165) is 45.7 Å². The molecule has 0 aliphatic carbocycles. The van der Waals surface area contributed by atoms with Gasteiger partial charge in [0.1, 0.15) is 6.33 Å². The van der Waals surface area contributed by atoms with Crippen molar-refractivity contribution in [3.8, 4) is 11.8 Å². The first kappa shape index (κ1) is 19.6. The second-order valence-electron chi connectivity index (χ2n) is 7.33. The Hall–Kier alpha value is -2.71. The summed E-state index contributed by atoms with van der Waals surface area (Å²) in [5.41, 5.74) is 1.90. The number of carbonyl (C=O) groups is 1. The number of piperazine rings is 1. The minimum atomic E-state index is -0.0849. The van der Waals surface area contributed by atoms with E-state index >= 15 is 0 Å². The fraction of sp³-hybridized carbons (Fsp3) is 0.476. The van der Waals surface area contributed by atoms with Crippen LogP contribution in [0.2, 0.25) is 0 Å². The van der Waals surface area contributed by atoms with E-state index in [0.29, 0.717) is 24.0 Å². The molecule has 0 radical (unpaired) electrons. The van der Waals surface area contributed by atoms with Crippen LogP contribution in [0.4, 0.5) is 5.69 Å². The topological polar surface area (TPSA) is 71.0 Å². The summed E-state index contributed by atoms with van der Waals surface area (Å²) in [6.07, 6.45) is 2.27. The molecule has 154 valence electrons. The quantitative estimate of drug-likeness (QED) is 0.700. The van der Waals surface area contributed by atoms with E-state index in [1.165, 1.54) is 19.0 Å². The van der Waals surface area contributed by atoms with Gasteiger partial charge in [0.2, 0.25) is 11.8 Å². The second kappa shape index (κ2) is 9.19. The number of ether oxygens (including phenoxy) is 2. The van der Waals surface area contributed by atoms with Crippen LogP contribution in [0.25, 0.3) is 0 Å². The lowest BCUT2D eigenvalue weighted by Gasteiger charge is -2.35. The third kappa shape index (κ3) is 4.65. The van der Waals surface area contributed by atoms with Gasteiger partial charge < -0.3 is 19.3 Å². The third-order valence-electron chi connectivity index (χ3n) is 5.42. The van der Waals surface area contributed by atoms with Gasteiger partial charge in [0.25, 0.3) is 5.91 Å². The predicted octanol–water partition coefficient (Wildman–Crippen LogP) is 1.42. The fourth-order valence-electron chi connectivity index (χ4n) is 3.87. The van der Waals surface area contributed by atoms with Crippen LogP contribution in [-0.2, 0) is 11.3 Å². The van der Waals surface area contributed by atoms with Crippen LogP contribution in [0, 0.1) is 0 Å². The van der Waals surface area contributed by atoms with Crippen LogP contribution >= 0.6 is 0 Å². The molecular formula is C21H27N5O3. The summed E-state index contributed by atoms with van der Waals surface area (Å²) in [5, 5.41) is 0. The molecule has 8 nitrogen and oxygen atoms in total. The average Bonchev–Trinajstić information content (AvgIpc) is 2.76. The summed E-state index contributed by atoms with van der Waals surface area (Å²) in [6, 6.07) is 10.6. The molecule has 1 fully saturated rings. The summed E-state index contributed by atoms with van der Waals surface area (Å²) < 4.78 is 10.7. The normalized spacial score (nSPS) is 17.7. The van der Waals surface area contributed by atoms with Crippen molar-refractivity contribution < 1.29 is 14.3 Å². The molecule has 2 aliphatic heterocycles. The number of aromatic nitrogens is 2. The Bertz CT molecular complexity index is 810. The molecule has 1 amide bonds. The van der Waals surface area contributed by atoms with E-state index in [4.69, 9.17) is 9.47 Å². The SMILES string of the molecule is COc1ncnc2c1N(CCCN1CCN(Cc3ccccc3)CC1)C(=O)CO2. The average molecular weight is 397 g/mol. The van der Waals surface area contributed by atoms with E-state index in [-0.39, 0.29) is 12.5 Å². The molecular weight excluding hydrogens is 370 g/mol. The lowest BCUT2D eigenvalue weighted by Crippen LogP contribution is -2.47. The lowest BCUT2D eigenvalue weighted by atomic mass is 10.2. The Morgan fingerprint density at radius 2 is 1.79 bits per heavy atom. The molecule has 0 spiro atoms. The van der Waals surface area contributed by atoms with Crippen LogP contribution in [0.1, 0.15) is 12.0 Å². The van der Waals surface area contributed by atoms with Gasteiger partial charge in [-0.25, -0.2) is 0 Å². The number of carbonyl (C=O) groups excluding carboxylic acids is 1. The number of amides is 1. The van der Waals surface area contributed by atoms with Gasteiger partial charge in [-0.3, -0.25) is 9.69 Å². The molecule has 0 saturated carbocycles. The zero-order valence-electron chi connectivity index (χ0n) is 16.8. The Morgan fingerprint density at radius 3 is 2.55 bits per heavy atom. The van der Waals surface area contributed by atoms with Gasteiger partial charge in [0.05, 0.1) is 7.11 Å². The maximum atomic E-state index is 12.4. The van der Waals surface area contributed by atoms with Gasteiger partial charge in [0.15, 0.2) is 12.3 Å². The maximum Gasteiger partial charge on any atom is 0.265 e. The first-order valence-corrected chi connectivity index (χ1v) is 10.1. The number of rotatable bonds is 7. The Kier molecular flexibility index (Phi) is 6.21. The summed E-state index contributed by atoms with van der Waals surface area (Å²) in [4.78, 5) is 27.3. The highest BCUT2D eigenvalue weighted by Crippen LogP contribution is 2.36.